The summed E-state index contributed by atoms with van der Waals surface area (Å²) < 4.78 is 5.67. The van der Waals surface area contributed by atoms with Crippen molar-refractivity contribution in [1.29, 1.82) is 0 Å². The molecule has 1 aromatic heterocycles. The number of hydrogen-bond acceptors (Lipinski definition) is 6. The fourth-order valence-corrected chi connectivity index (χ4v) is 5.13. The minimum absolute atomic E-state index is 0.0208. The maximum absolute atomic E-state index is 11.3. The summed E-state index contributed by atoms with van der Waals surface area (Å²) in [6.45, 7) is 9.08. The van der Waals surface area contributed by atoms with Crippen LogP contribution in [0.5, 0.6) is 0 Å². The van der Waals surface area contributed by atoms with E-state index in [0.29, 0.717) is 11.8 Å². The van der Waals surface area contributed by atoms with Gasteiger partial charge in [-0.1, -0.05) is 49.1 Å². The summed E-state index contributed by atoms with van der Waals surface area (Å²) >= 11 is 0. The molecule has 0 bridgehead atoms. The lowest BCUT2D eigenvalue weighted by molar-refractivity contribution is 0.0862. The van der Waals surface area contributed by atoms with Crippen molar-refractivity contribution in [3.05, 3.63) is 89.1 Å². The van der Waals surface area contributed by atoms with Gasteiger partial charge in [-0.2, -0.15) is 5.10 Å². The number of fused-ring (bicyclic) bond motifs is 1. The number of H-pyrrole nitrogens is 1. The SMILES string of the molecule is CCN1CCC(c2ccccc2)C(NC(O)c2ccc3[nH]nc(C4=CC=C=C(OC(C)C)N=C4)c3c2)C1. The zero-order valence-electron chi connectivity index (χ0n) is 21.7. The highest BCUT2D eigenvalue weighted by Gasteiger charge is 2.31. The summed E-state index contributed by atoms with van der Waals surface area (Å²) in [5, 5.41) is 23.4. The van der Waals surface area contributed by atoms with Gasteiger partial charge in [0.15, 0.2) is 0 Å². The van der Waals surface area contributed by atoms with Gasteiger partial charge < -0.3 is 14.7 Å². The Bertz CT molecular complexity index is 1350. The topological polar surface area (TPSA) is 85.8 Å². The van der Waals surface area contributed by atoms with Crippen molar-refractivity contribution in [3.63, 3.8) is 0 Å². The molecular formula is C30H35N5O2. The Hall–Kier alpha value is -3.48. The number of aliphatic hydroxyl groups is 1. The molecule has 0 amide bonds. The summed E-state index contributed by atoms with van der Waals surface area (Å²) in [6.07, 6.45) is 5.74. The minimum Gasteiger partial charge on any atom is -0.469 e. The lowest BCUT2D eigenvalue weighted by Gasteiger charge is -2.40. The third kappa shape index (κ3) is 5.76. The van der Waals surface area contributed by atoms with Crippen LogP contribution in [0.4, 0.5) is 0 Å². The molecule has 7 heteroatoms. The third-order valence-corrected chi connectivity index (χ3v) is 7.06. The normalized spacial score (nSPS) is 21.1. The molecule has 1 saturated heterocycles. The Morgan fingerprint density at radius 2 is 2.05 bits per heavy atom. The molecule has 1 fully saturated rings. The number of hydrogen-bond donors (Lipinski definition) is 3. The number of piperidine rings is 1. The van der Waals surface area contributed by atoms with Crippen LogP contribution in [-0.4, -0.2) is 58.2 Å². The maximum atomic E-state index is 11.3. The van der Waals surface area contributed by atoms with Crippen LogP contribution in [0.1, 0.15) is 56.2 Å². The van der Waals surface area contributed by atoms with Gasteiger partial charge in [0.2, 0.25) is 0 Å². The minimum atomic E-state index is -0.801. The predicted molar refractivity (Wildman–Crippen MR) is 148 cm³/mol. The molecule has 3 aromatic rings. The monoisotopic (exact) mass is 497 g/mol. The number of aromatic nitrogens is 2. The average Bonchev–Trinajstić information content (AvgIpc) is 3.20. The fourth-order valence-electron chi connectivity index (χ4n) is 5.13. The number of aliphatic hydroxyl groups excluding tert-OH is 1. The van der Waals surface area contributed by atoms with Gasteiger partial charge in [-0.15, -0.1) is 0 Å². The zero-order valence-corrected chi connectivity index (χ0v) is 21.7. The number of nitrogens with zero attached hydrogens (tertiary/aromatic N) is 3. The number of ether oxygens (including phenoxy) is 1. The van der Waals surface area contributed by atoms with Gasteiger partial charge in [0.25, 0.3) is 5.88 Å². The van der Waals surface area contributed by atoms with Crippen LogP contribution in [0.25, 0.3) is 16.5 Å². The molecule has 0 spiro atoms. The first-order valence-electron chi connectivity index (χ1n) is 13.1. The number of nitrogens with one attached hydrogen (secondary N) is 2. The number of rotatable bonds is 8. The number of aromatic amines is 1. The van der Waals surface area contributed by atoms with Crippen LogP contribution in [-0.2, 0) is 4.74 Å². The highest BCUT2D eigenvalue weighted by Crippen LogP contribution is 2.31. The van der Waals surface area contributed by atoms with Crippen molar-refractivity contribution in [3.8, 4) is 0 Å². The summed E-state index contributed by atoms with van der Waals surface area (Å²) in [5.74, 6) is 0.795. The van der Waals surface area contributed by atoms with Crippen molar-refractivity contribution in [2.75, 3.05) is 19.6 Å². The number of likely N-dealkylation sites (tertiary alicyclic amines) is 1. The van der Waals surface area contributed by atoms with Crippen LogP contribution in [0.2, 0.25) is 0 Å². The maximum Gasteiger partial charge on any atom is 0.260 e. The first-order chi connectivity index (χ1) is 18.0. The molecule has 2 aliphatic rings. The van der Waals surface area contributed by atoms with Gasteiger partial charge in [0, 0.05) is 35.7 Å². The number of likely N-dealkylation sites (N-methyl/N-ethyl adjacent to an activating group) is 1. The Balaban J connectivity index is 1.38. The molecule has 3 heterocycles. The van der Waals surface area contributed by atoms with E-state index in [9.17, 15) is 5.11 Å². The average molecular weight is 498 g/mol. The van der Waals surface area contributed by atoms with Crippen molar-refractivity contribution >= 4 is 22.7 Å². The third-order valence-electron chi connectivity index (χ3n) is 7.06. The van der Waals surface area contributed by atoms with E-state index < -0.39 is 6.23 Å². The van der Waals surface area contributed by atoms with E-state index in [1.54, 1.807) is 12.3 Å². The van der Waals surface area contributed by atoms with E-state index in [4.69, 9.17) is 4.74 Å². The molecule has 0 radical (unpaired) electrons. The molecular weight excluding hydrogens is 462 g/mol. The van der Waals surface area contributed by atoms with E-state index in [0.717, 1.165) is 53.8 Å². The molecule has 192 valence electrons. The predicted octanol–water partition coefficient (Wildman–Crippen LogP) is 4.91. The van der Waals surface area contributed by atoms with Gasteiger partial charge in [0.1, 0.15) is 11.9 Å². The highest BCUT2D eigenvalue weighted by molar-refractivity contribution is 6.14. The van der Waals surface area contributed by atoms with E-state index >= 15 is 0 Å². The lowest BCUT2D eigenvalue weighted by atomic mass is 9.85. The molecule has 2 aliphatic heterocycles. The van der Waals surface area contributed by atoms with Crippen molar-refractivity contribution in [2.45, 2.75) is 51.5 Å². The van der Waals surface area contributed by atoms with Crippen molar-refractivity contribution in [1.82, 2.24) is 20.4 Å². The quantitative estimate of drug-likeness (QED) is 0.304. The molecule has 5 rings (SSSR count). The van der Waals surface area contributed by atoms with Gasteiger partial charge in [-0.25, -0.2) is 4.99 Å². The van der Waals surface area contributed by atoms with E-state index in [1.165, 1.54) is 5.56 Å². The van der Waals surface area contributed by atoms with Gasteiger partial charge in [-0.3, -0.25) is 10.4 Å². The summed E-state index contributed by atoms with van der Waals surface area (Å²) in [5.41, 5.74) is 7.69. The van der Waals surface area contributed by atoms with Crippen LogP contribution < -0.4 is 5.32 Å². The first kappa shape index (κ1) is 25.2. The molecule has 0 aliphatic carbocycles. The standard InChI is InChI=1S/C30H35N5O2/c1-4-35-16-15-24(21-9-6-5-7-10-21)27(19-35)32-30(36)22-13-14-26-25(17-22)29(34-33-26)23-11-8-12-28(31-18-23)37-20(2)3/h5-11,13-14,17-18,20,24,27,30,32,36H,4,15-16,19H2,1-3H3,(H,33,34). The summed E-state index contributed by atoms with van der Waals surface area (Å²) in [4.78, 5) is 6.88. The Morgan fingerprint density at radius 3 is 2.84 bits per heavy atom. The van der Waals surface area contributed by atoms with Crippen LogP contribution >= 0.6 is 0 Å². The highest BCUT2D eigenvalue weighted by atomic mass is 16.5. The zero-order chi connectivity index (χ0) is 25.8. The van der Waals surface area contributed by atoms with Gasteiger partial charge in [-0.05, 0) is 68.8 Å². The lowest BCUT2D eigenvalue weighted by Crippen LogP contribution is -2.50. The Labute approximate surface area is 218 Å². The van der Waals surface area contributed by atoms with Gasteiger partial charge in [0.05, 0.1) is 11.6 Å². The van der Waals surface area contributed by atoms with E-state index in [2.05, 4.69) is 68.4 Å². The smallest absolute Gasteiger partial charge is 0.260 e. The second kappa shape index (κ2) is 11.3. The van der Waals surface area contributed by atoms with E-state index in [1.807, 2.05) is 38.1 Å². The number of aliphatic imine (C=N–C) groups is 1. The second-order valence-corrected chi connectivity index (χ2v) is 9.91. The van der Waals surface area contributed by atoms with Crippen molar-refractivity contribution < 1.29 is 9.84 Å². The summed E-state index contributed by atoms with van der Waals surface area (Å²) in [6, 6.07) is 16.7. The molecule has 7 nitrogen and oxygen atoms in total. The van der Waals surface area contributed by atoms with E-state index in [-0.39, 0.29) is 12.1 Å². The Kier molecular flexibility index (Phi) is 7.68. The number of allylic oxidation sites excluding steroid dienone is 3. The van der Waals surface area contributed by atoms with Crippen LogP contribution in [0.15, 0.2) is 77.3 Å². The fraction of sp³-hybridized carbons (Fsp3) is 0.367. The van der Waals surface area contributed by atoms with Crippen molar-refractivity contribution in [2.24, 2.45) is 4.99 Å². The molecule has 2 aromatic carbocycles. The Morgan fingerprint density at radius 1 is 1.22 bits per heavy atom. The van der Waals surface area contributed by atoms with Crippen LogP contribution in [0, 0.1) is 0 Å². The number of benzene rings is 2. The largest absolute Gasteiger partial charge is 0.469 e. The van der Waals surface area contributed by atoms with Gasteiger partial charge >= 0.3 is 0 Å². The molecule has 37 heavy (non-hydrogen) atoms. The molecule has 3 unspecified atom stereocenters. The first-order valence-corrected chi connectivity index (χ1v) is 13.1. The molecule has 0 saturated carbocycles. The second-order valence-electron chi connectivity index (χ2n) is 9.91. The molecule has 3 N–H and O–H groups in total. The molecule has 3 atom stereocenters. The van der Waals surface area contributed by atoms with Crippen LogP contribution in [0.3, 0.4) is 0 Å². The summed E-state index contributed by atoms with van der Waals surface area (Å²) in [7, 11) is 0.